The first-order chi connectivity index (χ1) is 13.5. The molecule has 0 saturated carbocycles. The Morgan fingerprint density at radius 3 is 2.68 bits per heavy atom. The summed E-state index contributed by atoms with van der Waals surface area (Å²) < 4.78 is 42.5. The maximum atomic E-state index is 12.4. The maximum absolute atomic E-state index is 12.4. The Hall–Kier alpha value is -2.88. The minimum Gasteiger partial charge on any atom is -0.381 e. The van der Waals surface area contributed by atoms with Crippen LogP contribution in [-0.4, -0.2) is 51.9 Å². The van der Waals surface area contributed by atoms with Gasteiger partial charge in [0.05, 0.1) is 16.9 Å². The Morgan fingerprint density at radius 1 is 1.07 bits per heavy atom. The monoisotopic (exact) mass is 392 g/mol. The number of aromatic amines is 1. The highest BCUT2D eigenvalue weighted by molar-refractivity contribution is 5.86. The minimum absolute atomic E-state index is 0.112. The summed E-state index contributed by atoms with van der Waals surface area (Å²) in [5.74, 6) is 0.879. The lowest BCUT2D eigenvalue weighted by Crippen LogP contribution is -2.28. The quantitative estimate of drug-likeness (QED) is 0.615. The van der Waals surface area contributed by atoms with Gasteiger partial charge in [0, 0.05) is 43.0 Å². The van der Waals surface area contributed by atoms with Crippen molar-refractivity contribution in [1.82, 2.24) is 19.9 Å². The zero-order valence-corrected chi connectivity index (χ0v) is 14.9. The van der Waals surface area contributed by atoms with E-state index in [1.165, 1.54) is 12.4 Å². The molecule has 0 aliphatic carbocycles. The summed E-state index contributed by atoms with van der Waals surface area (Å²) in [6.45, 7) is 0.331. The second kappa shape index (κ2) is 7.63. The van der Waals surface area contributed by atoms with Gasteiger partial charge in [0.25, 0.3) is 0 Å². The third-order valence-electron chi connectivity index (χ3n) is 4.49. The lowest BCUT2D eigenvalue weighted by atomic mass is 10.1. The number of anilines is 2. The van der Waals surface area contributed by atoms with E-state index in [2.05, 4.69) is 30.6 Å². The van der Waals surface area contributed by atoms with Gasteiger partial charge in [-0.05, 0) is 18.9 Å². The molecular weight excluding hydrogens is 373 g/mol. The van der Waals surface area contributed by atoms with Crippen LogP contribution in [0.4, 0.5) is 24.8 Å². The lowest BCUT2D eigenvalue weighted by Gasteiger charge is -2.23. The number of alkyl halides is 3. The molecule has 0 atom stereocenters. The van der Waals surface area contributed by atoms with Gasteiger partial charge in [-0.2, -0.15) is 13.2 Å². The molecule has 1 saturated heterocycles. The molecule has 3 aromatic rings. The van der Waals surface area contributed by atoms with Gasteiger partial charge in [-0.15, -0.1) is 0 Å². The summed E-state index contributed by atoms with van der Waals surface area (Å²) >= 11 is 0. The van der Waals surface area contributed by atoms with Crippen LogP contribution in [0.2, 0.25) is 0 Å². The molecular formula is C18H19F3N6O. The first-order valence-electron chi connectivity index (χ1n) is 8.92. The molecule has 0 bridgehead atoms. The molecule has 148 valence electrons. The third-order valence-corrected chi connectivity index (χ3v) is 4.49. The van der Waals surface area contributed by atoms with E-state index >= 15 is 0 Å². The van der Waals surface area contributed by atoms with Crippen LogP contribution in [0, 0.1) is 0 Å². The number of pyridine rings is 1. The Bertz CT molecular complexity index is 952. The van der Waals surface area contributed by atoms with Gasteiger partial charge in [0.1, 0.15) is 24.5 Å². The normalized spacial score (nSPS) is 15.7. The highest BCUT2D eigenvalue weighted by atomic mass is 19.4. The van der Waals surface area contributed by atoms with Gasteiger partial charge in [-0.3, -0.25) is 0 Å². The fraction of sp³-hybridized carbons (Fsp3) is 0.389. The van der Waals surface area contributed by atoms with Crippen LogP contribution in [-0.2, 0) is 4.74 Å². The summed E-state index contributed by atoms with van der Waals surface area (Å²) in [6, 6.07) is 5.58. The van der Waals surface area contributed by atoms with Gasteiger partial charge in [-0.25, -0.2) is 15.0 Å². The molecule has 10 heteroatoms. The highest BCUT2D eigenvalue weighted by Gasteiger charge is 2.26. The number of fused-ring (bicyclic) bond motifs is 1. The Kier molecular flexibility index (Phi) is 5.03. The number of hydrogen-bond donors (Lipinski definition) is 3. The first-order valence-corrected chi connectivity index (χ1v) is 8.92. The van der Waals surface area contributed by atoms with Crippen LogP contribution in [0.5, 0.6) is 0 Å². The fourth-order valence-corrected chi connectivity index (χ4v) is 3.09. The van der Waals surface area contributed by atoms with E-state index in [0.717, 1.165) is 42.8 Å². The van der Waals surface area contributed by atoms with Gasteiger partial charge in [0.2, 0.25) is 0 Å². The molecule has 3 aromatic heterocycles. The minimum atomic E-state index is -4.31. The molecule has 0 aromatic carbocycles. The number of nitrogens with one attached hydrogen (secondary N) is 3. The first kappa shape index (κ1) is 18.5. The molecule has 0 amide bonds. The molecule has 1 aliphatic heterocycles. The van der Waals surface area contributed by atoms with E-state index in [9.17, 15) is 13.2 Å². The van der Waals surface area contributed by atoms with Crippen molar-refractivity contribution < 1.29 is 17.9 Å². The van der Waals surface area contributed by atoms with E-state index in [-0.39, 0.29) is 5.82 Å². The average Bonchev–Trinajstić information content (AvgIpc) is 3.10. The number of rotatable bonds is 5. The van der Waals surface area contributed by atoms with Crippen LogP contribution in [0.15, 0.2) is 30.7 Å². The topological polar surface area (TPSA) is 87.8 Å². The third kappa shape index (κ3) is 4.50. The number of H-pyrrole nitrogens is 1. The summed E-state index contributed by atoms with van der Waals surface area (Å²) in [7, 11) is 0. The fourth-order valence-electron chi connectivity index (χ4n) is 3.09. The molecule has 4 rings (SSSR count). The highest BCUT2D eigenvalue weighted by Crippen LogP contribution is 2.26. The zero-order valence-electron chi connectivity index (χ0n) is 14.9. The summed E-state index contributed by atoms with van der Waals surface area (Å²) in [4.78, 5) is 15.7. The predicted molar refractivity (Wildman–Crippen MR) is 99.1 cm³/mol. The van der Waals surface area contributed by atoms with Crippen molar-refractivity contribution in [2.24, 2.45) is 0 Å². The number of aromatic nitrogens is 4. The largest absolute Gasteiger partial charge is 0.405 e. The van der Waals surface area contributed by atoms with Gasteiger partial charge >= 0.3 is 6.18 Å². The van der Waals surface area contributed by atoms with Crippen molar-refractivity contribution in [2.75, 3.05) is 30.4 Å². The molecule has 1 aliphatic rings. The Balaban J connectivity index is 1.52. The van der Waals surface area contributed by atoms with Crippen molar-refractivity contribution in [1.29, 1.82) is 0 Å². The predicted octanol–water partition coefficient (Wildman–Crippen LogP) is 3.59. The van der Waals surface area contributed by atoms with E-state index < -0.39 is 12.7 Å². The van der Waals surface area contributed by atoms with Crippen LogP contribution in [0.25, 0.3) is 22.3 Å². The van der Waals surface area contributed by atoms with E-state index in [0.29, 0.717) is 17.4 Å². The van der Waals surface area contributed by atoms with E-state index in [1.807, 2.05) is 12.1 Å². The lowest BCUT2D eigenvalue weighted by molar-refractivity contribution is -0.115. The van der Waals surface area contributed by atoms with Crippen LogP contribution < -0.4 is 10.6 Å². The molecule has 0 radical (unpaired) electrons. The van der Waals surface area contributed by atoms with Gasteiger partial charge in [-0.1, -0.05) is 0 Å². The number of nitrogens with zero attached hydrogens (tertiary/aromatic N) is 3. The number of halogens is 3. The van der Waals surface area contributed by atoms with Gasteiger partial charge < -0.3 is 20.4 Å². The zero-order chi connectivity index (χ0) is 19.6. The smallest absolute Gasteiger partial charge is 0.381 e. The van der Waals surface area contributed by atoms with Crippen molar-refractivity contribution >= 4 is 22.5 Å². The number of hydrogen-bond acceptors (Lipinski definition) is 6. The maximum Gasteiger partial charge on any atom is 0.405 e. The molecule has 0 spiro atoms. The molecule has 4 heterocycles. The number of ether oxygens (including phenoxy) is 1. The Labute approximate surface area is 158 Å². The standard InChI is InChI=1S/C18H19F3N6O/c19-18(20,21)9-23-16-7-14(24-10-25-16)15-5-11-8-22-17(6-13(11)27-15)26-12-1-3-28-4-2-12/h5-8,10,12,27H,1-4,9H2,(H,22,26)(H,23,24,25). The summed E-state index contributed by atoms with van der Waals surface area (Å²) in [6.07, 6.45) is 0.539. The second-order valence-electron chi connectivity index (χ2n) is 6.63. The summed E-state index contributed by atoms with van der Waals surface area (Å²) in [5.41, 5.74) is 2.04. The Morgan fingerprint density at radius 2 is 1.89 bits per heavy atom. The van der Waals surface area contributed by atoms with Crippen LogP contribution in [0.1, 0.15) is 12.8 Å². The van der Waals surface area contributed by atoms with E-state index in [4.69, 9.17) is 4.74 Å². The van der Waals surface area contributed by atoms with Crippen molar-refractivity contribution in [3.05, 3.63) is 30.7 Å². The second-order valence-corrected chi connectivity index (χ2v) is 6.63. The van der Waals surface area contributed by atoms with Crippen molar-refractivity contribution in [2.45, 2.75) is 25.1 Å². The molecule has 0 unspecified atom stereocenters. The average molecular weight is 392 g/mol. The molecule has 3 N–H and O–H groups in total. The van der Waals surface area contributed by atoms with Crippen LogP contribution in [0.3, 0.4) is 0 Å². The molecule has 7 nitrogen and oxygen atoms in total. The van der Waals surface area contributed by atoms with Crippen molar-refractivity contribution in [3.8, 4) is 11.4 Å². The SMILES string of the molecule is FC(F)(F)CNc1cc(-c2cc3cnc(NC4CCOCC4)cc3[nH]2)ncn1. The molecule has 28 heavy (non-hydrogen) atoms. The molecule has 1 fully saturated rings. The van der Waals surface area contributed by atoms with Crippen molar-refractivity contribution in [3.63, 3.8) is 0 Å². The summed E-state index contributed by atoms with van der Waals surface area (Å²) in [5, 5.41) is 6.55. The van der Waals surface area contributed by atoms with E-state index in [1.54, 1.807) is 6.20 Å². The van der Waals surface area contributed by atoms with Gasteiger partial charge in [0.15, 0.2) is 0 Å². The van der Waals surface area contributed by atoms with Crippen LogP contribution >= 0.6 is 0 Å².